The molecular weight excluding hydrogens is 332 g/mol. The third-order valence-corrected chi connectivity index (χ3v) is 6.69. The maximum Gasteiger partial charge on any atom is 0.282 e. The van der Waals surface area contributed by atoms with Crippen LogP contribution in [0, 0.1) is 20.8 Å². The smallest absolute Gasteiger partial charge is 0.195 e. The second-order valence-electron chi connectivity index (χ2n) is 6.95. The van der Waals surface area contributed by atoms with Gasteiger partial charge in [-0.1, -0.05) is 53.6 Å². The molecule has 0 radical (unpaired) electrons. The molecule has 2 aromatic rings. The zero-order chi connectivity index (χ0) is 18.0. The maximum absolute atomic E-state index is 13.1. The SMILES string of the molecule is Cc1cccc(CN2CCCN(Cc3cc(C)ccc3C)S2(=O)=O)c1. The highest BCUT2D eigenvalue weighted by molar-refractivity contribution is 7.86. The largest absolute Gasteiger partial charge is 0.282 e. The molecule has 0 bridgehead atoms. The van der Waals surface area contributed by atoms with E-state index in [0.717, 1.165) is 34.2 Å². The third-order valence-electron chi connectivity index (χ3n) is 4.76. The van der Waals surface area contributed by atoms with Crippen molar-refractivity contribution in [2.45, 2.75) is 40.3 Å². The highest BCUT2D eigenvalue weighted by Gasteiger charge is 2.33. The molecule has 0 aromatic heterocycles. The van der Waals surface area contributed by atoms with Gasteiger partial charge in [-0.2, -0.15) is 17.0 Å². The van der Waals surface area contributed by atoms with E-state index in [2.05, 4.69) is 24.3 Å². The fourth-order valence-corrected chi connectivity index (χ4v) is 4.97. The predicted octanol–water partition coefficient (Wildman–Crippen LogP) is 3.56. The standard InChI is InChI=1S/C20H26N2O2S/c1-16-6-4-7-19(12-16)14-21-10-5-11-22(25(21,23)24)15-20-13-17(2)8-9-18(20)3/h4,6-9,12-13H,5,10-11,14-15H2,1-3H3. The van der Waals surface area contributed by atoms with Gasteiger partial charge >= 0.3 is 0 Å². The normalized spacial score (nSPS) is 18.4. The molecular formula is C20H26N2O2S. The zero-order valence-electron chi connectivity index (χ0n) is 15.2. The van der Waals surface area contributed by atoms with Crippen molar-refractivity contribution in [1.29, 1.82) is 0 Å². The summed E-state index contributed by atoms with van der Waals surface area (Å²) in [6, 6.07) is 14.3. The first-order valence-corrected chi connectivity index (χ1v) is 10.1. The summed E-state index contributed by atoms with van der Waals surface area (Å²) in [5.74, 6) is 0. The van der Waals surface area contributed by atoms with Crippen molar-refractivity contribution in [3.63, 3.8) is 0 Å². The molecule has 134 valence electrons. The summed E-state index contributed by atoms with van der Waals surface area (Å²) >= 11 is 0. The van der Waals surface area contributed by atoms with Crippen molar-refractivity contribution in [3.05, 3.63) is 70.3 Å². The topological polar surface area (TPSA) is 40.6 Å². The Morgan fingerprint density at radius 1 is 0.880 bits per heavy atom. The first-order chi connectivity index (χ1) is 11.9. The molecule has 0 amide bonds. The first-order valence-electron chi connectivity index (χ1n) is 8.73. The molecule has 4 nitrogen and oxygen atoms in total. The highest BCUT2D eigenvalue weighted by atomic mass is 32.2. The molecule has 0 atom stereocenters. The molecule has 0 aliphatic carbocycles. The zero-order valence-corrected chi connectivity index (χ0v) is 16.0. The van der Waals surface area contributed by atoms with Gasteiger partial charge in [-0.3, -0.25) is 0 Å². The molecule has 1 aliphatic rings. The highest BCUT2D eigenvalue weighted by Crippen LogP contribution is 2.23. The van der Waals surface area contributed by atoms with E-state index in [0.29, 0.717) is 26.2 Å². The molecule has 25 heavy (non-hydrogen) atoms. The molecule has 0 N–H and O–H groups in total. The summed E-state index contributed by atoms with van der Waals surface area (Å²) in [6.45, 7) is 8.15. The van der Waals surface area contributed by atoms with E-state index in [1.807, 2.05) is 39.0 Å². The Bertz CT molecular complexity index is 862. The van der Waals surface area contributed by atoms with E-state index in [1.54, 1.807) is 8.61 Å². The second-order valence-corrected chi connectivity index (χ2v) is 8.88. The van der Waals surface area contributed by atoms with Crippen LogP contribution in [-0.2, 0) is 23.3 Å². The van der Waals surface area contributed by atoms with Crippen molar-refractivity contribution < 1.29 is 8.42 Å². The van der Waals surface area contributed by atoms with Gasteiger partial charge in [0.25, 0.3) is 10.2 Å². The van der Waals surface area contributed by atoms with Crippen LogP contribution in [0.2, 0.25) is 0 Å². The number of rotatable bonds is 4. The van der Waals surface area contributed by atoms with E-state index >= 15 is 0 Å². The Balaban J connectivity index is 1.81. The molecule has 1 fully saturated rings. The molecule has 5 heteroatoms. The second kappa shape index (κ2) is 7.28. The number of nitrogens with zero attached hydrogens (tertiary/aromatic N) is 2. The lowest BCUT2D eigenvalue weighted by Crippen LogP contribution is -2.48. The van der Waals surface area contributed by atoms with Gasteiger partial charge in [-0.15, -0.1) is 0 Å². The van der Waals surface area contributed by atoms with Crippen LogP contribution < -0.4 is 0 Å². The molecule has 1 saturated heterocycles. The third kappa shape index (κ3) is 4.11. The Morgan fingerprint density at radius 2 is 1.56 bits per heavy atom. The number of hydrogen-bond donors (Lipinski definition) is 0. The minimum atomic E-state index is -3.44. The van der Waals surface area contributed by atoms with E-state index < -0.39 is 10.2 Å². The fraction of sp³-hybridized carbons (Fsp3) is 0.400. The minimum absolute atomic E-state index is 0.438. The molecule has 0 spiro atoms. The van der Waals surface area contributed by atoms with E-state index in [1.165, 1.54) is 0 Å². The lowest BCUT2D eigenvalue weighted by Gasteiger charge is -2.35. The average molecular weight is 359 g/mol. The molecule has 0 saturated carbocycles. The first kappa shape index (κ1) is 18.1. The molecule has 1 aliphatic heterocycles. The minimum Gasteiger partial charge on any atom is -0.195 e. The van der Waals surface area contributed by atoms with Crippen molar-refractivity contribution >= 4 is 10.2 Å². The summed E-state index contributed by atoms with van der Waals surface area (Å²) in [5, 5.41) is 0. The maximum atomic E-state index is 13.1. The molecule has 2 aromatic carbocycles. The number of aryl methyl sites for hydroxylation is 3. The van der Waals surface area contributed by atoms with Gasteiger partial charge in [-0.25, -0.2) is 0 Å². The van der Waals surface area contributed by atoms with Crippen molar-refractivity contribution in [1.82, 2.24) is 8.61 Å². The predicted molar refractivity (Wildman–Crippen MR) is 101 cm³/mol. The summed E-state index contributed by atoms with van der Waals surface area (Å²) in [7, 11) is -3.44. The Hall–Kier alpha value is -1.69. The van der Waals surface area contributed by atoms with Crippen LogP contribution in [0.25, 0.3) is 0 Å². The van der Waals surface area contributed by atoms with Gasteiger partial charge in [0.1, 0.15) is 0 Å². The van der Waals surface area contributed by atoms with Gasteiger partial charge in [0.2, 0.25) is 0 Å². The van der Waals surface area contributed by atoms with Gasteiger partial charge in [0.05, 0.1) is 0 Å². The van der Waals surface area contributed by atoms with E-state index in [9.17, 15) is 8.42 Å². The lowest BCUT2D eigenvalue weighted by molar-refractivity contribution is 0.275. The van der Waals surface area contributed by atoms with Gasteiger partial charge in [0, 0.05) is 26.2 Å². The summed E-state index contributed by atoms with van der Waals surface area (Å²) in [5.41, 5.74) is 5.57. The number of benzene rings is 2. The van der Waals surface area contributed by atoms with Crippen LogP contribution in [0.15, 0.2) is 42.5 Å². The van der Waals surface area contributed by atoms with Crippen LogP contribution in [0.1, 0.15) is 34.2 Å². The van der Waals surface area contributed by atoms with Crippen LogP contribution in [-0.4, -0.2) is 30.1 Å². The molecule has 1 heterocycles. The average Bonchev–Trinajstić information content (AvgIpc) is 2.55. The molecule has 3 rings (SSSR count). The van der Waals surface area contributed by atoms with E-state index in [-0.39, 0.29) is 0 Å². The van der Waals surface area contributed by atoms with Gasteiger partial charge < -0.3 is 0 Å². The van der Waals surface area contributed by atoms with Crippen LogP contribution in [0.3, 0.4) is 0 Å². The lowest BCUT2D eigenvalue weighted by atomic mass is 10.1. The van der Waals surface area contributed by atoms with E-state index in [4.69, 9.17) is 0 Å². The quantitative estimate of drug-likeness (QED) is 0.838. The summed E-state index contributed by atoms with van der Waals surface area (Å²) < 4.78 is 29.3. The van der Waals surface area contributed by atoms with Crippen LogP contribution in [0.5, 0.6) is 0 Å². The molecule has 0 unspecified atom stereocenters. The van der Waals surface area contributed by atoms with Crippen molar-refractivity contribution in [2.75, 3.05) is 13.1 Å². The van der Waals surface area contributed by atoms with Crippen LogP contribution in [0.4, 0.5) is 0 Å². The van der Waals surface area contributed by atoms with Crippen molar-refractivity contribution in [3.8, 4) is 0 Å². The van der Waals surface area contributed by atoms with Crippen molar-refractivity contribution in [2.24, 2.45) is 0 Å². The fourth-order valence-electron chi connectivity index (χ4n) is 3.31. The Kier molecular flexibility index (Phi) is 5.27. The monoisotopic (exact) mass is 358 g/mol. The number of hydrogen-bond acceptors (Lipinski definition) is 2. The van der Waals surface area contributed by atoms with Crippen LogP contribution >= 0.6 is 0 Å². The Labute approximate surface area is 151 Å². The van der Waals surface area contributed by atoms with Gasteiger partial charge in [-0.05, 0) is 43.9 Å². The summed E-state index contributed by atoms with van der Waals surface area (Å²) in [4.78, 5) is 0. The summed E-state index contributed by atoms with van der Waals surface area (Å²) in [6.07, 6.45) is 0.857. The van der Waals surface area contributed by atoms with Gasteiger partial charge in [0.15, 0.2) is 0 Å². The Morgan fingerprint density at radius 3 is 2.28 bits per heavy atom.